The summed E-state index contributed by atoms with van der Waals surface area (Å²) >= 11 is 0. The lowest BCUT2D eigenvalue weighted by Gasteiger charge is -2.24. The van der Waals surface area contributed by atoms with Gasteiger partial charge in [-0.05, 0) is 44.5 Å². The van der Waals surface area contributed by atoms with Gasteiger partial charge in [-0.3, -0.25) is 10.00 Å². The maximum absolute atomic E-state index is 12.9. The number of ether oxygens (including phenoxy) is 2. The Labute approximate surface area is 181 Å². The minimum atomic E-state index is -0.618. The number of benzene rings is 2. The summed E-state index contributed by atoms with van der Waals surface area (Å²) in [4.78, 5) is 24.4. The van der Waals surface area contributed by atoms with Crippen LogP contribution in [0.25, 0.3) is 10.9 Å². The van der Waals surface area contributed by atoms with Crippen molar-refractivity contribution in [1.82, 2.24) is 9.78 Å². The van der Waals surface area contributed by atoms with E-state index in [1.165, 1.54) is 7.11 Å². The summed E-state index contributed by atoms with van der Waals surface area (Å²) < 4.78 is 12.0. The maximum atomic E-state index is 12.9. The number of hydrogen-bond donors (Lipinski definition) is 2. The third-order valence-corrected chi connectivity index (χ3v) is 4.57. The second kappa shape index (κ2) is 9.07. The molecule has 0 unspecified atom stereocenters. The molecule has 3 aromatic rings. The Balaban J connectivity index is 1.90. The fourth-order valence-electron chi connectivity index (χ4n) is 3.19. The number of rotatable bonds is 6. The van der Waals surface area contributed by atoms with Gasteiger partial charge in [-0.25, -0.2) is 9.59 Å². The van der Waals surface area contributed by atoms with Gasteiger partial charge in [-0.2, -0.15) is 5.10 Å². The molecule has 2 aromatic carbocycles. The average molecular weight is 425 g/mol. The molecule has 164 valence electrons. The molecule has 0 aliphatic rings. The highest BCUT2D eigenvalue weighted by Gasteiger charge is 2.27. The zero-order valence-corrected chi connectivity index (χ0v) is 18.4. The average Bonchev–Trinajstić information content (AvgIpc) is 3.02. The normalized spacial score (nSPS) is 12.3. The highest BCUT2D eigenvalue weighted by atomic mass is 16.6. The van der Waals surface area contributed by atoms with Gasteiger partial charge in [0.05, 0.1) is 12.6 Å². The van der Waals surface area contributed by atoms with Crippen molar-refractivity contribution in [3.05, 3.63) is 54.1 Å². The summed E-state index contributed by atoms with van der Waals surface area (Å²) in [6, 6.07) is 14.5. The number of carbonyl (C=O) groups is 2. The smallest absolute Gasteiger partial charge is 0.411 e. The Bertz CT molecular complexity index is 1070. The summed E-state index contributed by atoms with van der Waals surface area (Å²) in [6.07, 6.45) is -0.0942. The van der Waals surface area contributed by atoms with E-state index in [2.05, 4.69) is 20.5 Å². The zero-order valence-electron chi connectivity index (χ0n) is 18.4. The van der Waals surface area contributed by atoms with Crippen LogP contribution in [0.4, 0.5) is 16.3 Å². The molecule has 0 saturated carbocycles. The first-order chi connectivity index (χ1) is 14.7. The minimum Gasteiger partial charge on any atom is -0.458 e. The van der Waals surface area contributed by atoms with Crippen molar-refractivity contribution in [3.8, 4) is 0 Å². The van der Waals surface area contributed by atoms with E-state index in [1.54, 1.807) is 23.9 Å². The van der Waals surface area contributed by atoms with E-state index < -0.39 is 17.7 Å². The number of aryl methyl sites for hydroxylation is 1. The van der Waals surface area contributed by atoms with Crippen molar-refractivity contribution in [3.63, 3.8) is 0 Å². The van der Waals surface area contributed by atoms with Crippen molar-refractivity contribution >= 4 is 34.5 Å². The van der Waals surface area contributed by atoms with E-state index in [9.17, 15) is 9.59 Å². The van der Waals surface area contributed by atoms with Gasteiger partial charge in [0.2, 0.25) is 0 Å². The van der Waals surface area contributed by atoms with Crippen LogP contribution in [0.2, 0.25) is 0 Å². The van der Waals surface area contributed by atoms with Crippen LogP contribution in [0.5, 0.6) is 0 Å². The van der Waals surface area contributed by atoms with Gasteiger partial charge >= 0.3 is 12.1 Å². The summed E-state index contributed by atoms with van der Waals surface area (Å²) in [5.41, 5.74) is 1.78. The van der Waals surface area contributed by atoms with Crippen LogP contribution in [0, 0.1) is 0 Å². The lowest BCUT2D eigenvalue weighted by Crippen LogP contribution is -2.38. The van der Waals surface area contributed by atoms with Crippen molar-refractivity contribution < 1.29 is 19.1 Å². The lowest BCUT2D eigenvalue weighted by atomic mass is 10.1. The number of aromatic nitrogens is 2. The number of hydrogen-bond acceptors (Lipinski definition) is 6. The van der Waals surface area contributed by atoms with Gasteiger partial charge in [0.1, 0.15) is 11.6 Å². The van der Waals surface area contributed by atoms with Gasteiger partial charge < -0.3 is 14.8 Å². The van der Waals surface area contributed by atoms with Crippen LogP contribution >= 0.6 is 0 Å². The van der Waals surface area contributed by atoms with E-state index in [0.717, 1.165) is 16.5 Å². The fraction of sp³-hybridized carbons (Fsp3) is 0.348. The number of fused-ring (bicyclic) bond motifs is 1. The van der Waals surface area contributed by atoms with Crippen molar-refractivity contribution in [1.29, 1.82) is 0 Å². The molecule has 8 heteroatoms. The van der Waals surface area contributed by atoms with Crippen molar-refractivity contribution in [2.24, 2.45) is 7.05 Å². The molecule has 0 saturated heterocycles. The van der Waals surface area contributed by atoms with Crippen molar-refractivity contribution in [2.45, 2.75) is 38.8 Å². The molecule has 0 aliphatic carbocycles. The molecule has 2 N–H and O–H groups in total. The number of amides is 1. The van der Waals surface area contributed by atoms with Crippen LogP contribution in [-0.4, -0.2) is 40.6 Å². The third-order valence-electron chi connectivity index (χ3n) is 4.57. The van der Waals surface area contributed by atoms with Crippen LogP contribution in [-0.2, 0) is 27.7 Å². The Morgan fingerprint density at radius 1 is 1.13 bits per heavy atom. The predicted molar refractivity (Wildman–Crippen MR) is 120 cm³/mol. The molecule has 31 heavy (non-hydrogen) atoms. The first-order valence-electron chi connectivity index (χ1n) is 10.0. The van der Waals surface area contributed by atoms with Crippen LogP contribution in [0.3, 0.4) is 0 Å². The van der Waals surface area contributed by atoms with Crippen LogP contribution in [0.15, 0.2) is 48.5 Å². The van der Waals surface area contributed by atoms with Gasteiger partial charge in [0.15, 0.2) is 5.82 Å². The molecular formula is C23H28N4O4. The SMILES string of the molecule is COC(=O)Nc1ccc2c(N[C@@H](Cc3ccccc3)C(=O)OC(C)(C)C)nn(C)c2c1. The summed E-state index contributed by atoms with van der Waals surface area (Å²) in [6.45, 7) is 5.53. The predicted octanol–water partition coefficient (Wildman–Crippen LogP) is 4.12. The van der Waals surface area contributed by atoms with Gasteiger partial charge in [0.25, 0.3) is 0 Å². The molecule has 0 fully saturated rings. The molecule has 0 bridgehead atoms. The first kappa shape index (κ1) is 22.1. The van der Waals surface area contributed by atoms with E-state index in [-0.39, 0.29) is 5.97 Å². The van der Waals surface area contributed by atoms with Gasteiger partial charge in [-0.15, -0.1) is 0 Å². The number of methoxy groups -OCH3 is 1. The molecule has 3 rings (SSSR count). The Morgan fingerprint density at radius 2 is 1.84 bits per heavy atom. The number of nitrogens with one attached hydrogen (secondary N) is 2. The molecule has 1 aromatic heterocycles. The third kappa shape index (κ3) is 5.75. The van der Waals surface area contributed by atoms with E-state index >= 15 is 0 Å². The molecule has 0 spiro atoms. The number of esters is 1. The number of nitrogens with zero attached hydrogens (tertiary/aromatic N) is 2. The highest BCUT2D eigenvalue weighted by Crippen LogP contribution is 2.27. The quantitative estimate of drug-likeness (QED) is 0.578. The number of anilines is 2. The van der Waals surface area contributed by atoms with Crippen LogP contribution in [0.1, 0.15) is 26.3 Å². The topological polar surface area (TPSA) is 94.5 Å². The summed E-state index contributed by atoms with van der Waals surface area (Å²) in [7, 11) is 3.11. The Kier molecular flexibility index (Phi) is 6.48. The largest absolute Gasteiger partial charge is 0.458 e. The lowest BCUT2D eigenvalue weighted by molar-refractivity contribution is -0.155. The van der Waals surface area contributed by atoms with Crippen LogP contribution < -0.4 is 10.6 Å². The zero-order chi connectivity index (χ0) is 22.6. The Hall–Kier alpha value is -3.55. The molecular weight excluding hydrogens is 396 g/mol. The monoisotopic (exact) mass is 424 g/mol. The van der Waals surface area contributed by atoms with Gasteiger partial charge in [0, 0.05) is 24.5 Å². The molecule has 1 atom stereocenters. The molecule has 1 heterocycles. The summed E-state index contributed by atoms with van der Waals surface area (Å²) in [5.74, 6) is 0.216. The van der Waals surface area contributed by atoms with E-state index in [1.807, 2.05) is 57.2 Å². The maximum Gasteiger partial charge on any atom is 0.411 e. The van der Waals surface area contributed by atoms with E-state index in [0.29, 0.717) is 17.9 Å². The molecule has 0 aliphatic heterocycles. The number of carbonyl (C=O) groups excluding carboxylic acids is 2. The Morgan fingerprint density at radius 3 is 2.48 bits per heavy atom. The molecule has 8 nitrogen and oxygen atoms in total. The molecule has 1 amide bonds. The summed E-state index contributed by atoms with van der Waals surface area (Å²) in [5, 5.41) is 11.3. The van der Waals surface area contributed by atoms with Gasteiger partial charge in [-0.1, -0.05) is 30.3 Å². The van der Waals surface area contributed by atoms with Crippen molar-refractivity contribution in [2.75, 3.05) is 17.7 Å². The second-order valence-electron chi connectivity index (χ2n) is 8.24. The first-order valence-corrected chi connectivity index (χ1v) is 10.0. The molecule has 0 radical (unpaired) electrons. The fourth-order valence-corrected chi connectivity index (χ4v) is 3.19. The van der Waals surface area contributed by atoms with E-state index in [4.69, 9.17) is 4.74 Å². The standard InChI is InChI=1S/C23H28N4O4/c1-23(2,3)31-21(28)18(13-15-9-7-6-8-10-15)25-20-17-12-11-16(24-22(29)30-5)14-19(17)27(4)26-20/h6-12,14,18H,13H2,1-5H3,(H,24,29)(H,25,26)/t18-/m0/s1. The second-order valence-corrected chi connectivity index (χ2v) is 8.24. The minimum absolute atomic E-state index is 0.348. The highest BCUT2D eigenvalue weighted by molar-refractivity contribution is 5.96.